The first-order chi connectivity index (χ1) is 18.6. The molecule has 3 rings (SSSR count). The molecule has 0 aromatic heterocycles. The minimum Gasteiger partial charge on any atom is -0.507 e. The number of phenols is 2. The predicted octanol–water partition coefficient (Wildman–Crippen LogP) is 8.97. The summed E-state index contributed by atoms with van der Waals surface area (Å²) in [6, 6.07) is 12.2. The Labute approximate surface area is 231 Å². The highest BCUT2D eigenvalue weighted by Crippen LogP contribution is 2.26. The second-order valence-corrected chi connectivity index (χ2v) is 11.1. The molecule has 38 heavy (non-hydrogen) atoms. The van der Waals surface area contributed by atoms with Crippen molar-refractivity contribution in [1.82, 2.24) is 0 Å². The van der Waals surface area contributed by atoms with Gasteiger partial charge in [0.15, 0.2) is 0 Å². The van der Waals surface area contributed by atoms with E-state index in [9.17, 15) is 10.2 Å². The molecule has 1 saturated carbocycles. The molecule has 1 aliphatic carbocycles. The maximum Gasteiger partial charge on any atom is 0.124 e. The SMILES string of the molecule is CCCCCCCCc1ccc(C=N[C@@H]2CCCC[C@@H]2N=Cc2ccc(CCCCCC)cc2O)c(O)c1. The fourth-order valence-electron chi connectivity index (χ4n) is 5.36. The van der Waals surface area contributed by atoms with Crippen LogP contribution < -0.4 is 0 Å². The lowest BCUT2D eigenvalue weighted by molar-refractivity contribution is 0.390. The van der Waals surface area contributed by atoms with Crippen molar-refractivity contribution in [1.29, 1.82) is 0 Å². The average Bonchev–Trinajstić information content (AvgIpc) is 2.92. The van der Waals surface area contributed by atoms with Crippen LogP contribution in [0.15, 0.2) is 46.4 Å². The van der Waals surface area contributed by atoms with Crippen molar-refractivity contribution in [3.8, 4) is 11.5 Å². The molecule has 0 saturated heterocycles. The summed E-state index contributed by atoms with van der Waals surface area (Å²) >= 11 is 0. The van der Waals surface area contributed by atoms with Crippen LogP contribution in [0.3, 0.4) is 0 Å². The van der Waals surface area contributed by atoms with Crippen LogP contribution in [0.2, 0.25) is 0 Å². The van der Waals surface area contributed by atoms with Crippen LogP contribution in [0.1, 0.15) is 126 Å². The third-order valence-corrected chi connectivity index (χ3v) is 7.83. The van der Waals surface area contributed by atoms with E-state index < -0.39 is 0 Å². The van der Waals surface area contributed by atoms with Crippen LogP contribution in [0, 0.1) is 0 Å². The number of rotatable bonds is 16. The molecule has 0 unspecified atom stereocenters. The van der Waals surface area contributed by atoms with Gasteiger partial charge in [-0.25, -0.2) is 0 Å². The molecule has 0 aliphatic heterocycles. The van der Waals surface area contributed by atoms with E-state index in [1.165, 1.54) is 75.3 Å². The lowest BCUT2D eigenvalue weighted by Crippen LogP contribution is -2.27. The Hall–Kier alpha value is -2.62. The Balaban J connectivity index is 1.55. The number of benzene rings is 2. The number of phenolic OH excluding ortho intramolecular Hbond substituents is 2. The van der Waals surface area contributed by atoms with Crippen LogP contribution >= 0.6 is 0 Å². The van der Waals surface area contributed by atoms with Crippen LogP contribution in [-0.4, -0.2) is 34.7 Å². The van der Waals surface area contributed by atoms with Gasteiger partial charge in [0.2, 0.25) is 0 Å². The largest absolute Gasteiger partial charge is 0.507 e. The smallest absolute Gasteiger partial charge is 0.124 e. The first kappa shape index (κ1) is 29.9. The molecular weight excluding hydrogens is 468 g/mol. The molecule has 2 aromatic carbocycles. The van der Waals surface area contributed by atoms with Crippen molar-refractivity contribution in [3.63, 3.8) is 0 Å². The van der Waals surface area contributed by atoms with Gasteiger partial charge in [-0.05, 0) is 73.9 Å². The third-order valence-electron chi connectivity index (χ3n) is 7.83. The normalized spacial score (nSPS) is 18.1. The fraction of sp³-hybridized carbons (Fsp3) is 0.588. The predicted molar refractivity (Wildman–Crippen MR) is 162 cm³/mol. The third kappa shape index (κ3) is 10.3. The van der Waals surface area contributed by atoms with Gasteiger partial charge in [0.05, 0.1) is 12.1 Å². The number of nitrogens with zero attached hydrogens (tertiary/aromatic N) is 2. The van der Waals surface area contributed by atoms with Crippen molar-refractivity contribution >= 4 is 12.4 Å². The lowest BCUT2D eigenvalue weighted by Gasteiger charge is -2.25. The molecular formula is C34H50N2O2. The van der Waals surface area contributed by atoms with Crippen molar-refractivity contribution in [2.45, 2.75) is 129 Å². The Morgan fingerprint density at radius 3 is 1.50 bits per heavy atom. The molecule has 4 nitrogen and oxygen atoms in total. The number of hydrogen-bond donors (Lipinski definition) is 2. The second kappa shape index (κ2) is 17.1. The maximum absolute atomic E-state index is 10.6. The molecule has 2 N–H and O–H groups in total. The highest BCUT2D eigenvalue weighted by Gasteiger charge is 2.23. The first-order valence-corrected chi connectivity index (χ1v) is 15.3. The summed E-state index contributed by atoms with van der Waals surface area (Å²) in [4.78, 5) is 9.73. The number of hydrogen-bond acceptors (Lipinski definition) is 4. The van der Waals surface area contributed by atoms with E-state index in [-0.39, 0.29) is 12.1 Å². The van der Waals surface area contributed by atoms with E-state index in [0.29, 0.717) is 11.5 Å². The van der Waals surface area contributed by atoms with Gasteiger partial charge in [-0.2, -0.15) is 0 Å². The summed E-state index contributed by atoms with van der Waals surface area (Å²) in [6.07, 6.45) is 22.6. The van der Waals surface area contributed by atoms with Crippen molar-refractivity contribution < 1.29 is 10.2 Å². The van der Waals surface area contributed by atoms with Gasteiger partial charge >= 0.3 is 0 Å². The van der Waals surface area contributed by atoms with Gasteiger partial charge in [0, 0.05) is 23.6 Å². The average molecular weight is 519 g/mol. The van der Waals surface area contributed by atoms with E-state index in [4.69, 9.17) is 9.98 Å². The lowest BCUT2D eigenvalue weighted by atomic mass is 9.91. The summed E-state index contributed by atoms with van der Waals surface area (Å²) < 4.78 is 0. The number of aromatic hydroxyl groups is 2. The minimum atomic E-state index is 0.0992. The fourth-order valence-corrected chi connectivity index (χ4v) is 5.36. The molecule has 0 bridgehead atoms. The van der Waals surface area contributed by atoms with Crippen molar-refractivity contribution in [2.24, 2.45) is 9.98 Å². The molecule has 4 heteroatoms. The summed E-state index contributed by atoms with van der Waals surface area (Å²) in [5.74, 6) is 0.622. The first-order valence-electron chi connectivity index (χ1n) is 15.3. The van der Waals surface area contributed by atoms with E-state index in [2.05, 4.69) is 26.0 Å². The van der Waals surface area contributed by atoms with E-state index in [1.807, 2.05) is 36.7 Å². The minimum absolute atomic E-state index is 0.0992. The Kier molecular flexibility index (Phi) is 13.4. The Bertz CT molecular complexity index is 1010. The summed E-state index contributed by atoms with van der Waals surface area (Å²) in [6.45, 7) is 4.47. The second-order valence-electron chi connectivity index (χ2n) is 11.1. The summed E-state index contributed by atoms with van der Waals surface area (Å²) in [5.41, 5.74) is 3.93. The van der Waals surface area contributed by atoms with Crippen molar-refractivity contribution in [3.05, 3.63) is 58.7 Å². The highest BCUT2D eigenvalue weighted by atomic mass is 16.3. The molecule has 0 radical (unpaired) electrons. The van der Waals surface area contributed by atoms with E-state index in [1.54, 1.807) is 0 Å². The number of aryl methyl sites for hydroxylation is 2. The Morgan fingerprint density at radius 2 is 1.05 bits per heavy atom. The molecule has 2 atom stereocenters. The zero-order chi connectivity index (χ0) is 27.0. The van der Waals surface area contributed by atoms with Gasteiger partial charge in [0.25, 0.3) is 0 Å². The topological polar surface area (TPSA) is 65.2 Å². The van der Waals surface area contributed by atoms with Gasteiger partial charge < -0.3 is 10.2 Å². The molecule has 0 spiro atoms. The highest BCUT2D eigenvalue weighted by molar-refractivity contribution is 5.84. The quantitative estimate of drug-likeness (QED) is 0.172. The number of unbranched alkanes of at least 4 members (excludes halogenated alkanes) is 8. The zero-order valence-corrected chi connectivity index (χ0v) is 23.9. The van der Waals surface area contributed by atoms with E-state index in [0.717, 1.165) is 49.7 Å². The van der Waals surface area contributed by atoms with Crippen LogP contribution in [0.5, 0.6) is 11.5 Å². The molecule has 0 heterocycles. The molecule has 2 aromatic rings. The number of aliphatic imine (C=N–C) groups is 2. The summed E-state index contributed by atoms with van der Waals surface area (Å²) in [5, 5.41) is 21.1. The Morgan fingerprint density at radius 1 is 0.632 bits per heavy atom. The molecule has 1 fully saturated rings. The van der Waals surface area contributed by atoms with Gasteiger partial charge in [-0.1, -0.05) is 90.2 Å². The monoisotopic (exact) mass is 518 g/mol. The molecule has 1 aliphatic rings. The van der Waals surface area contributed by atoms with Gasteiger partial charge in [-0.3, -0.25) is 9.98 Å². The molecule has 208 valence electrons. The molecule has 0 amide bonds. The van der Waals surface area contributed by atoms with Crippen LogP contribution in [0.25, 0.3) is 0 Å². The zero-order valence-electron chi connectivity index (χ0n) is 23.9. The summed E-state index contributed by atoms with van der Waals surface area (Å²) in [7, 11) is 0. The van der Waals surface area contributed by atoms with Crippen LogP contribution in [-0.2, 0) is 12.8 Å². The van der Waals surface area contributed by atoms with Gasteiger partial charge in [-0.15, -0.1) is 0 Å². The van der Waals surface area contributed by atoms with Crippen molar-refractivity contribution in [2.75, 3.05) is 0 Å². The maximum atomic E-state index is 10.6. The van der Waals surface area contributed by atoms with Crippen LogP contribution in [0.4, 0.5) is 0 Å². The standard InChI is InChI=1S/C34H50N2O2/c1-3-5-7-9-10-12-16-28-20-22-30(34(38)24-28)26-36-32-18-14-13-17-31(32)35-25-29-21-19-27(23-33(29)37)15-11-8-6-4-2/h19-26,31-32,37-38H,3-18H2,1-2H3/t31-,32+/m0/s1. The van der Waals surface area contributed by atoms with Gasteiger partial charge in [0.1, 0.15) is 11.5 Å². The van der Waals surface area contributed by atoms with E-state index >= 15 is 0 Å².